The average Bonchev–Trinajstić information content (AvgIpc) is 2.24. The lowest BCUT2D eigenvalue weighted by Crippen LogP contribution is -2.43. The van der Waals surface area contributed by atoms with Gasteiger partial charge in [0, 0.05) is 0 Å². The van der Waals surface area contributed by atoms with Crippen LogP contribution in [0, 0.1) is 11.8 Å². The lowest BCUT2D eigenvalue weighted by atomic mass is 9.90. The third-order valence-corrected chi connectivity index (χ3v) is 3.16. The van der Waals surface area contributed by atoms with Gasteiger partial charge in [0.1, 0.15) is 0 Å². The maximum atomic E-state index is 11.6. The Bertz CT molecular complexity index is 357. The van der Waals surface area contributed by atoms with Crippen LogP contribution in [0.1, 0.15) is 54.4 Å². The molecule has 0 spiro atoms. The molecule has 4 N–H and O–H groups in total. The van der Waals surface area contributed by atoms with Crippen molar-refractivity contribution < 1.29 is 9.59 Å². The van der Waals surface area contributed by atoms with Crippen molar-refractivity contribution in [1.29, 1.82) is 0 Å². The number of hydrogen-bond donors (Lipinski definition) is 2. The number of hydrogen-bond acceptors (Lipinski definition) is 4. The highest BCUT2D eigenvalue weighted by Gasteiger charge is 2.36. The lowest BCUT2D eigenvalue weighted by molar-refractivity contribution is -0.125. The monoisotopic (exact) mass is 284 g/mol. The summed E-state index contributed by atoms with van der Waals surface area (Å²) in [5.41, 5.74) is 8.62. The minimum atomic E-state index is -1.11. The molecule has 2 amide bonds. The van der Waals surface area contributed by atoms with Gasteiger partial charge in [0.2, 0.25) is 11.8 Å². The van der Waals surface area contributed by atoms with Crippen LogP contribution in [0.15, 0.2) is 10.2 Å². The Hall–Kier alpha value is -1.46. The highest BCUT2D eigenvalue weighted by molar-refractivity contribution is 5.85. The third-order valence-electron chi connectivity index (χ3n) is 3.16. The van der Waals surface area contributed by atoms with Crippen molar-refractivity contribution >= 4 is 11.8 Å². The van der Waals surface area contributed by atoms with E-state index < -0.39 is 22.9 Å². The summed E-state index contributed by atoms with van der Waals surface area (Å²) in [5.74, 6) is -0.634. The fourth-order valence-corrected chi connectivity index (χ4v) is 2.19. The number of nitrogens with zero attached hydrogens (tertiary/aromatic N) is 2. The van der Waals surface area contributed by atoms with E-state index in [-0.39, 0.29) is 11.8 Å². The number of rotatable bonds is 8. The minimum Gasteiger partial charge on any atom is -0.368 e. The molecule has 0 radical (unpaired) electrons. The molecule has 116 valence electrons. The fraction of sp³-hybridized carbons (Fsp3) is 0.857. The smallest absolute Gasteiger partial charge is 0.246 e. The van der Waals surface area contributed by atoms with E-state index in [2.05, 4.69) is 10.2 Å². The van der Waals surface area contributed by atoms with Crippen LogP contribution in [0.5, 0.6) is 0 Å². The van der Waals surface area contributed by atoms with Crippen LogP contribution in [0.2, 0.25) is 0 Å². The molecule has 6 heteroatoms. The molecule has 2 atom stereocenters. The minimum absolute atomic E-state index is 0.233. The average molecular weight is 284 g/mol. The molecule has 0 rings (SSSR count). The number of primary amides is 2. The topological polar surface area (TPSA) is 111 Å². The summed E-state index contributed by atoms with van der Waals surface area (Å²) in [7, 11) is 0. The first-order valence-electron chi connectivity index (χ1n) is 6.97. The van der Waals surface area contributed by atoms with Crippen LogP contribution < -0.4 is 11.5 Å². The largest absolute Gasteiger partial charge is 0.368 e. The molecule has 0 saturated carbocycles. The van der Waals surface area contributed by atoms with E-state index >= 15 is 0 Å². The molecule has 0 aromatic carbocycles. The predicted molar refractivity (Wildman–Crippen MR) is 79.0 cm³/mol. The van der Waals surface area contributed by atoms with Gasteiger partial charge in [-0.05, 0) is 38.5 Å². The van der Waals surface area contributed by atoms with E-state index in [1.165, 1.54) is 0 Å². The van der Waals surface area contributed by atoms with Crippen molar-refractivity contribution in [2.75, 3.05) is 0 Å². The number of carbonyl (C=O) groups is 2. The van der Waals surface area contributed by atoms with E-state index in [1.807, 2.05) is 27.7 Å². The van der Waals surface area contributed by atoms with Gasteiger partial charge in [-0.1, -0.05) is 27.7 Å². The zero-order chi connectivity index (χ0) is 16.1. The molecule has 0 aromatic heterocycles. The molecule has 0 aliphatic heterocycles. The Morgan fingerprint density at radius 3 is 1.25 bits per heavy atom. The van der Waals surface area contributed by atoms with Gasteiger partial charge >= 0.3 is 0 Å². The highest BCUT2D eigenvalue weighted by atomic mass is 16.2. The number of nitrogens with two attached hydrogens (primary N) is 2. The quantitative estimate of drug-likeness (QED) is 0.664. The van der Waals surface area contributed by atoms with Crippen LogP contribution in [0.3, 0.4) is 0 Å². The second-order valence-corrected chi connectivity index (χ2v) is 6.67. The van der Waals surface area contributed by atoms with Gasteiger partial charge in [-0.25, -0.2) is 0 Å². The maximum absolute atomic E-state index is 11.6. The fourth-order valence-electron chi connectivity index (χ4n) is 2.19. The number of amides is 2. The molecular formula is C14H28N4O2. The molecule has 0 saturated heterocycles. The summed E-state index contributed by atoms with van der Waals surface area (Å²) in [6.07, 6.45) is 0.949. The van der Waals surface area contributed by atoms with Gasteiger partial charge in [-0.2, -0.15) is 10.2 Å². The van der Waals surface area contributed by atoms with Gasteiger partial charge in [-0.3, -0.25) is 9.59 Å². The van der Waals surface area contributed by atoms with Crippen molar-refractivity contribution in [1.82, 2.24) is 0 Å². The van der Waals surface area contributed by atoms with Crippen molar-refractivity contribution in [3.05, 3.63) is 0 Å². The van der Waals surface area contributed by atoms with Crippen molar-refractivity contribution in [3.8, 4) is 0 Å². The summed E-state index contributed by atoms with van der Waals surface area (Å²) >= 11 is 0. The van der Waals surface area contributed by atoms with E-state index in [0.717, 1.165) is 0 Å². The Balaban J connectivity index is 5.36. The maximum Gasteiger partial charge on any atom is 0.246 e. The van der Waals surface area contributed by atoms with Crippen molar-refractivity contribution in [2.45, 2.75) is 65.5 Å². The van der Waals surface area contributed by atoms with Gasteiger partial charge in [0.15, 0.2) is 11.1 Å². The van der Waals surface area contributed by atoms with Crippen LogP contribution >= 0.6 is 0 Å². The van der Waals surface area contributed by atoms with Crippen molar-refractivity contribution in [3.63, 3.8) is 0 Å². The predicted octanol–water partition coefficient (Wildman–Crippen LogP) is 2.02. The molecule has 0 aliphatic carbocycles. The van der Waals surface area contributed by atoms with E-state index in [0.29, 0.717) is 12.8 Å². The van der Waals surface area contributed by atoms with Gasteiger partial charge in [0.05, 0.1) is 0 Å². The van der Waals surface area contributed by atoms with E-state index in [9.17, 15) is 9.59 Å². The highest BCUT2D eigenvalue weighted by Crippen LogP contribution is 2.26. The SMILES string of the molecule is CC(C)CC(C)(N=NC(C)(CC(C)C)C(N)=O)C(N)=O. The standard InChI is InChI=1S/C14H28N4O2/c1-9(2)7-13(5,11(15)19)17-18-14(6,12(16)20)8-10(3)4/h9-10H,7-8H2,1-6H3,(H2,15,19)(H2,16,20). The van der Waals surface area contributed by atoms with Gasteiger partial charge in [0.25, 0.3) is 0 Å². The Morgan fingerprint density at radius 1 is 0.850 bits per heavy atom. The first-order valence-corrected chi connectivity index (χ1v) is 6.97. The van der Waals surface area contributed by atoms with Crippen LogP contribution in [-0.2, 0) is 9.59 Å². The third kappa shape index (κ3) is 5.27. The second-order valence-electron chi connectivity index (χ2n) is 6.67. The normalized spacial score (nSPS) is 18.2. The van der Waals surface area contributed by atoms with Crippen LogP contribution in [0.25, 0.3) is 0 Å². The first kappa shape index (κ1) is 18.5. The van der Waals surface area contributed by atoms with Gasteiger partial charge in [-0.15, -0.1) is 0 Å². The van der Waals surface area contributed by atoms with Crippen molar-refractivity contribution in [2.24, 2.45) is 33.5 Å². The Morgan fingerprint density at radius 2 is 1.10 bits per heavy atom. The molecule has 20 heavy (non-hydrogen) atoms. The molecule has 2 unspecified atom stereocenters. The summed E-state index contributed by atoms with van der Waals surface area (Å²) in [4.78, 5) is 23.2. The Kier molecular flexibility index (Phi) is 6.32. The second kappa shape index (κ2) is 6.81. The van der Waals surface area contributed by atoms with Gasteiger partial charge < -0.3 is 11.5 Å². The molecule has 0 bridgehead atoms. The van der Waals surface area contributed by atoms with E-state index in [4.69, 9.17) is 11.5 Å². The summed E-state index contributed by atoms with van der Waals surface area (Å²) < 4.78 is 0. The van der Waals surface area contributed by atoms with Crippen LogP contribution in [-0.4, -0.2) is 22.9 Å². The summed E-state index contributed by atoms with van der Waals surface area (Å²) in [5, 5.41) is 8.18. The summed E-state index contributed by atoms with van der Waals surface area (Å²) in [6.45, 7) is 11.2. The Labute approximate surface area is 121 Å². The molecule has 0 aromatic rings. The summed E-state index contributed by atoms with van der Waals surface area (Å²) in [6, 6.07) is 0. The zero-order valence-corrected chi connectivity index (χ0v) is 13.4. The number of carbonyl (C=O) groups excluding carboxylic acids is 2. The molecular weight excluding hydrogens is 256 g/mol. The molecule has 6 nitrogen and oxygen atoms in total. The number of azo groups is 1. The molecule has 0 fully saturated rings. The lowest BCUT2D eigenvalue weighted by Gasteiger charge is -2.26. The zero-order valence-electron chi connectivity index (χ0n) is 13.4. The molecule has 0 heterocycles. The first-order chi connectivity index (χ1) is 8.93. The van der Waals surface area contributed by atoms with E-state index in [1.54, 1.807) is 13.8 Å². The molecule has 0 aliphatic rings. The van der Waals surface area contributed by atoms with Crippen LogP contribution in [0.4, 0.5) is 0 Å².